The average Bonchev–Trinajstić information content (AvgIpc) is 3.34. The molecule has 146 valence electrons. The van der Waals surface area contributed by atoms with Gasteiger partial charge in [-0.05, 0) is 38.1 Å². The molecule has 0 saturated carbocycles. The minimum absolute atomic E-state index is 0.0976. The van der Waals surface area contributed by atoms with Crippen molar-refractivity contribution in [2.75, 3.05) is 0 Å². The first-order valence-electron chi connectivity index (χ1n) is 9.36. The number of carbonyl (C=O) groups excluding carboxylic acids is 1. The van der Waals surface area contributed by atoms with Crippen LogP contribution < -0.4 is 5.32 Å². The quantitative estimate of drug-likeness (QED) is 0.548. The first-order valence-corrected chi connectivity index (χ1v) is 9.36. The molecule has 4 rings (SSSR count). The third-order valence-corrected chi connectivity index (χ3v) is 4.73. The molecule has 1 N–H and O–H groups in total. The lowest BCUT2D eigenvalue weighted by molar-refractivity contribution is -0.120. The monoisotopic (exact) mass is 387 g/mol. The Morgan fingerprint density at radius 1 is 1.07 bits per heavy atom. The van der Waals surface area contributed by atoms with Gasteiger partial charge in [-0.1, -0.05) is 29.4 Å². The SMILES string of the molecule is Cc1nn(-c2ccccc2)c(C)c1CC(=O)NCc1cc(-c2ccccn2)no1. The van der Waals surface area contributed by atoms with Gasteiger partial charge in [0.25, 0.3) is 0 Å². The largest absolute Gasteiger partial charge is 0.359 e. The summed E-state index contributed by atoms with van der Waals surface area (Å²) in [4.78, 5) is 16.7. The van der Waals surface area contributed by atoms with Crippen LogP contribution in [-0.2, 0) is 17.8 Å². The lowest BCUT2D eigenvalue weighted by Gasteiger charge is -2.06. The van der Waals surface area contributed by atoms with Crippen LogP contribution in [0.1, 0.15) is 22.7 Å². The number of nitrogens with zero attached hydrogens (tertiary/aromatic N) is 4. The number of para-hydroxylation sites is 1. The van der Waals surface area contributed by atoms with Gasteiger partial charge in [-0.15, -0.1) is 0 Å². The van der Waals surface area contributed by atoms with Crippen LogP contribution in [0.2, 0.25) is 0 Å². The van der Waals surface area contributed by atoms with Crippen LogP contribution in [0.15, 0.2) is 65.3 Å². The highest BCUT2D eigenvalue weighted by Gasteiger charge is 2.16. The fourth-order valence-electron chi connectivity index (χ4n) is 3.19. The van der Waals surface area contributed by atoms with E-state index in [0.717, 1.165) is 28.3 Å². The van der Waals surface area contributed by atoms with E-state index < -0.39 is 0 Å². The van der Waals surface area contributed by atoms with Crippen LogP contribution in [0, 0.1) is 13.8 Å². The molecule has 0 unspecified atom stereocenters. The molecule has 0 aliphatic heterocycles. The summed E-state index contributed by atoms with van der Waals surface area (Å²) < 4.78 is 7.18. The second-order valence-electron chi connectivity index (χ2n) is 6.74. The number of nitrogens with one attached hydrogen (secondary N) is 1. The summed E-state index contributed by atoms with van der Waals surface area (Å²) in [5.41, 5.74) is 5.08. The Balaban J connectivity index is 1.41. The zero-order chi connectivity index (χ0) is 20.2. The van der Waals surface area contributed by atoms with E-state index in [-0.39, 0.29) is 18.9 Å². The number of benzene rings is 1. The molecular formula is C22H21N5O2. The van der Waals surface area contributed by atoms with Crippen LogP contribution in [-0.4, -0.2) is 25.8 Å². The highest BCUT2D eigenvalue weighted by molar-refractivity contribution is 5.79. The van der Waals surface area contributed by atoms with Gasteiger partial charge in [-0.2, -0.15) is 5.10 Å². The Bertz CT molecular complexity index is 1120. The third kappa shape index (κ3) is 4.08. The fourth-order valence-corrected chi connectivity index (χ4v) is 3.19. The molecule has 0 fully saturated rings. The fraction of sp³-hybridized carbons (Fsp3) is 0.182. The van der Waals surface area contributed by atoms with Gasteiger partial charge in [0.2, 0.25) is 5.91 Å². The van der Waals surface area contributed by atoms with Gasteiger partial charge in [0.05, 0.1) is 30.0 Å². The molecule has 4 aromatic rings. The van der Waals surface area contributed by atoms with Gasteiger partial charge in [-0.25, -0.2) is 4.68 Å². The molecule has 1 amide bonds. The van der Waals surface area contributed by atoms with E-state index in [4.69, 9.17) is 4.52 Å². The summed E-state index contributed by atoms with van der Waals surface area (Å²) in [5, 5.41) is 11.5. The highest BCUT2D eigenvalue weighted by atomic mass is 16.5. The number of aryl methyl sites for hydroxylation is 1. The third-order valence-electron chi connectivity index (χ3n) is 4.73. The van der Waals surface area contributed by atoms with Crippen molar-refractivity contribution in [3.63, 3.8) is 0 Å². The maximum atomic E-state index is 12.5. The minimum Gasteiger partial charge on any atom is -0.359 e. The molecule has 29 heavy (non-hydrogen) atoms. The van der Waals surface area contributed by atoms with Crippen LogP contribution in [0.4, 0.5) is 0 Å². The van der Waals surface area contributed by atoms with Crippen molar-refractivity contribution in [1.29, 1.82) is 0 Å². The highest BCUT2D eigenvalue weighted by Crippen LogP contribution is 2.19. The number of amides is 1. The van der Waals surface area contributed by atoms with Gasteiger partial charge in [0.15, 0.2) is 5.76 Å². The number of pyridine rings is 1. The van der Waals surface area contributed by atoms with E-state index in [9.17, 15) is 4.79 Å². The molecule has 3 aromatic heterocycles. The maximum absolute atomic E-state index is 12.5. The topological polar surface area (TPSA) is 85.8 Å². The Hall–Kier alpha value is -3.74. The van der Waals surface area contributed by atoms with Crippen molar-refractivity contribution in [3.05, 3.63) is 83.5 Å². The molecule has 0 aliphatic rings. The van der Waals surface area contributed by atoms with Crippen molar-refractivity contribution in [2.24, 2.45) is 0 Å². The lowest BCUT2D eigenvalue weighted by atomic mass is 10.1. The molecule has 0 bridgehead atoms. The summed E-state index contributed by atoms with van der Waals surface area (Å²) >= 11 is 0. The van der Waals surface area contributed by atoms with E-state index in [1.807, 2.05) is 67.1 Å². The number of rotatable bonds is 6. The smallest absolute Gasteiger partial charge is 0.224 e. The molecule has 0 saturated heterocycles. The number of aromatic nitrogens is 4. The second-order valence-corrected chi connectivity index (χ2v) is 6.74. The summed E-state index contributed by atoms with van der Waals surface area (Å²) in [6, 6.07) is 17.3. The van der Waals surface area contributed by atoms with Gasteiger partial charge in [-0.3, -0.25) is 9.78 Å². The molecular weight excluding hydrogens is 366 g/mol. The summed E-state index contributed by atoms with van der Waals surface area (Å²) in [5.74, 6) is 0.479. The van der Waals surface area contributed by atoms with Gasteiger partial charge in [0.1, 0.15) is 5.69 Å². The number of hydrogen-bond acceptors (Lipinski definition) is 5. The molecule has 0 spiro atoms. The molecule has 0 aliphatic carbocycles. The van der Waals surface area contributed by atoms with E-state index in [1.165, 1.54) is 0 Å². The zero-order valence-electron chi connectivity index (χ0n) is 16.3. The predicted molar refractivity (Wildman–Crippen MR) is 108 cm³/mol. The average molecular weight is 387 g/mol. The van der Waals surface area contributed by atoms with Crippen LogP contribution >= 0.6 is 0 Å². The Morgan fingerprint density at radius 2 is 1.86 bits per heavy atom. The second kappa shape index (κ2) is 8.10. The van der Waals surface area contributed by atoms with Crippen molar-refractivity contribution < 1.29 is 9.32 Å². The van der Waals surface area contributed by atoms with Crippen molar-refractivity contribution in [2.45, 2.75) is 26.8 Å². The van der Waals surface area contributed by atoms with Gasteiger partial charge >= 0.3 is 0 Å². The maximum Gasteiger partial charge on any atom is 0.224 e. The molecule has 1 aromatic carbocycles. The van der Waals surface area contributed by atoms with Crippen LogP contribution in [0.3, 0.4) is 0 Å². The molecule has 0 atom stereocenters. The summed E-state index contributed by atoms with van der Waals surface area (Å²) in [6.45, 7) is 4.17. The van der Waals surface area contributed by atoms with E-state index in [0.29, 0.717) is 11.5 Å². The minimum atomic E-state index is -0.0976. The molecule has 3 heterocycles. The predicted octanol–water partition coefficient (Wildman–Crippen LogP) is 3.40. The van der Waals surface area contributed by atoms with Gasteiger partial charge < -0.3 is 9.84 Å². The number of carbonyl (C=O) groups is 1. The molecule has 7 heteroatoms. The van der Waals surface area contributed by atoms with E-state index >= 15 is 0 Å². The summed E-state index contributed by atoms with van der Waals surface area (Å²) in [7, 11) is 0. The first-order chi connectivity index (χ1) is 14.1. The van der Waals surface area contributed by atoms with Crippen molar-refractivity contribution in [1.82, 2.24) is 25.2 Å². The number of hydrogen-bond donors (Lipinski definition) is 1. The lowest BCUT2D eigenvalue weighted by Crippen LogP contribution is -2.24. The van der Waals surface area contributed by atoms with E-state index in [1.54, 1.807) is 12.3 Å². The Kier molecular flexibility index (Phi) is 5.20. The van der Waals surface area contributed by atoms with Crippen LogP contribution in [0.5, 0.6) is 0 Å². The summed E-state index contributed by atoms with van der Waals surface area (Å²) in [6.07, 6.45) is 1.96. The van der Waals surface area contributed by atoms with Crippen molar-refractivity contribution in [3.8, 4) is 17.1 Å². The molecule has 7 nitrogen and oxygen atoms in total. The Labute approximate surface area is 168 Å². The molecule has 0 radical (unpaired) electrons. The van der Waals surface area contributed by atoms with E-state index in [2.05, 4.69) is 20.6 Å². The standard InChI is InChI=1S/C22H21N5O2/c1-15-19(16(2)27(25-15)17-8-4-3-5-9-17)13-22(28)24-14-18-12-21(26-29-18)20-10-6-7-11-23-20/h3-12H,13-14H2,1-2H3,(H,24,28). The Morgan fingerprint density at radius 3 is 2.62 bits per heavy atom. The normalized spacial score (nSPS) is 10.8. The van der Waals surface area contributed by atoms with Gasteiger partial charge in [0, 0.05) is 23.5 Å². The zero-order valence-corrected chi connectivity index (χ0v) is 16.3. The van der Waals surface area contributed by atoms with Crippen LogP contribution in [0.25, 0.3) is 17.1 Å². The first kappa shape index (κ1) is 18.6. The van der Waals surface area contributed by atoms with Crippen molar-refractivity contribution >= 4 is 5.91 Å².